The van der Waals surface area contributed by atoms with Crippen LogP contribution in [0.4, 0.5) is 0 Å². The number of hydrogen-bond acceptors (Lipinski definition) is 5. The molecule has 0 bridgehead atoms. The summed E-state index contributed by atoms with van der Waals surface area (Å²) in [4.78, 5) is 0. The van der Waals surface area contributed by atoms with Crippen molar-refractivity contribution in [2.24, 2.45) is 0 Å². The van der Waals surface area contributed by atoms with Crippen molar-refractivity contribution in [2.75, 3.05) is 19.8 Å². The average molecular weight is 475 g/mol. The van der Waals surface area contributed by atoms with Gasteiger partial charge in [-0.05, 0) is 60.2 Å². The molecule has 2 heterocycles. The van der Waals surface area contributed by atoms with Gasteiger partial charge in [0.2, 0.25) is 0 Å². The predicted molar refractivity (Wildman–Crippen MR) is 135 cm³/mol. The Morgan fingerprint density at radius 3 is 2.46 bits per heavy atom. The van der Waals surface area contributed by atoms with Gasteiger partial charge in [-0.25, -0.2) is 0 Å². The lowest BCUT2D eigenvalue weighted by Gasteiger charge is -2.40. The van der Waals surface area contributed by atoms with E-state index in [9.17, 15) is 5.11 Å². The standard InChI is InChI=1S/C30H34O5/c1-3-32-26-13-10-22(11-14-26)15-25-16-24(12-9-21(25)2)27-17-28(30(20-34-30)29(18-31)35-27)33-19-23-7-5-4-6-8-23/h4-14,16,27-29,31H,3,15,17-20H2,1-2H3/t27?,28?,29?,30-/m1/s1. The van der Waals surface area contributed by atoms with Gasteiger partial charge in [-0.15, -0.1) is 0 Å². The van der Waals surface area contributed by atoms with Crippen LogP contribution < -0.4 is 4.74 Å². The summed E-state index contributed by atoms with van der Waals surface area (Å²) in [5.41, 5.74) is 5.44. The van der Waals surface area contributed by atoms with Crippen LogP contribution in [0.15, 0.2) is 72.8 Å². The Morgan fingerprint density at radius 1 is 1.00 bits per heavy atom. The molecule has 2 fully saturated rings. The summed E-state index contributed by atoms with van der Waals surface area (Å²) in [5, 5.41) is 10.1. The van der Waals surface area contributed by atoms with E-state index in [2.05, 4.69) is 49.4 Å². The summed E-state index contributed by atoms with van der Waals surface area (Å²) in [6.45, 7) is 5.78. The third-order valence-corrected chi connectivity index (χ3v) is 7.16. The van der Waals surface area contributed by atoms with Crippen LogP contribution in [0.25, 0.3) is 0 Å². The Labute approximate surface area is 207 Å². The molecule has 5 heteroatoms. The van der Waals surface area contributed by atoms with Crippen molar-refractivity contribution < 1.29 is 24.1 Å². The summed E-state index contributed by atoms with van der Waals surface area (Å²) in [6, 6.07) is 25.0. The van der Waals surface area contributed by atoms with E-state index in [0.717, 1.165) is 23.3 Å². The topological polar surface area (TPSA) is 60.5 Å². The van der Waals surface area contributed by atoms with Gasteiger partial charge in [0.1, 0.15) is 17.5 Å². The minimum Gasteiger partial charge on any atom is -0.494 e. The van der Waals surface area contributed by atoms with E-state index in [1.54, 1.807) is 0 Å². The number of rotatable bonds is 9. The fourth-order valence-corrected chi connectivity index (χ4v) is 4.99. The molecule has 5 nitrogen and oxygen atoms in total. The molecule has 1 spiro atoms. The Kier molecular flexibility index (Phi) is 7.21. The maximum absolute atomic E-state index is 10.1. The quantitative estimate of drug-likeness (QED) is 0.434. The fourth-order valence-electron chi connectivity index (χ4n) is 4.99. The molecule has 0 radical (unpaired) electrons. The second kappa shape index (κ2) is 10.5. The van der Waals surface area contributed by atoms with Crippen molar-refractivity contribution in [1.29, 1.82) is 0 Å². The Balaban J connectivity index is 1.33. The van der Waals surface area contributed by atoms with Crippen molar-refractivity contribution in [2.45, 2.75) is 57.2 Å². The van der Waals surface area contributed by atoms with Gasteiger partial charge < -0.3 is 24.1 Å². The molecule has 184 valence electrons. The largest absolute Gasteiger partial charge is 0.494 e. The van der Waals surface area contributed by atoms with E-state index in [1.165, 1.54) is 16.7 Å². The molecular formula is C30H34O5. The van der Waals surface area contributed by atoms with E-state index in [0.29, 0.717) is 26.2 Å². The van der Waals surface area contributed by atoms with Crippen LogP contribution in [0.5, 0.6) is 5.75 Å². The lowest BCUT2D eigenvalue weighted by molar-refractivity contribution is -0.179. The maximum Gasteiger partial charge on any atom is 0.146 e. The zero-order valence-electron chi connectivity index (χ0n) is 20.5. The molecule has 2 aliphatic rings. The van der Waals surface area contributed by atoms with Crippen molar-refractivity contribution in [1.82, 2.24) is 0 Å². The molecule has 4 atom stereocenters. The smallest absolute Gasteiger partial charge is 0.146 e. The molecular weight excluding hydrogens is 440 g/mol. The molecule has 0 aliphatic carbocycles. The molecule has 3 aromatic carbocycles. The summed E-state index contributed by atoms with van der Waals surface area (Å²) < 4.78 is 24.2. The average Bonchev–Trinajstić information content (AvgIpc) is 3.68. The predicted octanol–water partition coefficient (Wildman–Crippen LogP) is 5.16. The second-order valence-corrected chi connectivity index (χ2v) is 9.50. The van der Waals surface area contributed by atoms with Gasteiger partial charge in [0.05, 0.1) is 38.6 Å². The van der Waals surface area contributed by atoms with E-state index < -0.39 is 11.7 Å². The molecule has 1 N–H and O–H groups in total. The van der Waals surface area contributed by atoms with Gasteiger partial charge in [0.15, 0.2) is 0 Å². The summed E-state index contributed by atoms with van der Waals surface area (Å²) in [6.07, 6.45) is 0.813. The number of aliphatic hydroxyl groups is 1. The van der Waals surface area contributed by atoms with E-state index >= 15 is 0 Å². The lowest BCUT2D eigenvalue weighted by atomic mass is 9.86. The number of aliphatic hydroxyl groups excluding tert-OH is 1. The van der Waals surface area contributed by atoms with Crippen LogP contribution in [0.3, 0.4) is 0 Å². The lowest BCUT2D eigenvalue weighted by Crippen LogP contribution is -2.51. The SMILES string of the molecule is CCOc1ccc(Cc2cc(C3CC(OCc4ccccc4)[C@]4(CO4)C(CO)O3)ccc2C)cc1. The highest BCUT2D eigenvalue weighted by atomic mass is 16.7. The number of aryl methyl sites for hydroxylation is 1. The summed E-state index contributed by atoms with van der Waals surface area (Å²) in [5.74, 6) is 0.894. The highest BCUT2D eigenvalue weighted by molar-refractivity contribution is 5.38. The van der Waals surface area contributed by atoms with Crippen molar-refractivity contribution >= 4 is 0 Å². The van der Waals surface area contributed by atoms with Gasteiger partial charge >= 0.3 is 0 Å². The molecule has 0 amide bonds. The van der Waals surface area contributed by atoms with Gasteiger partial charge in [-0.3, -0.25) is 0 Å². The minimum absolute atomic E-state index is 0.0907. The molecule has 2 aliphatic heterocycles. The number of epoxide rings is 1. The molecule has 2 saturated heterocycles. The maximum atomic E-state index is 10.1. The van der Waals surface area contributed by atoms with Gasteiger partial charge in [0, 0.05) is 6.42 Å². The number of ether oxygens (including phenoxy) is 4. The fraction of sp³-hybridized carbons (Fsp3) is 0.400. The van der Waals surface area contributed by atoms with Crippen LogP contribution in [-0.4, -0.2) is 42.7 Å². The Hall–Kier alpha value is -2.70. The minimum atomic E-state index is -0.546. The van der Waals surface area contributed by atoms with Crippen LogP contribution in [-0.2, 0) is 27.2 Å². The Bertz CT molecular complexity index is 1110. The van der Waals surface area contributed by atoms with Crippen LogP contribution >= 0.6 is 0 Å². The molecule has 5 rings (SSSR count). The van der Waals surface area contributed by atoms with Crippen LogP contribution in [0.2, 0.25) is 0 Å². The zero-order chi connectivity index (χ0) is 24.3. The summed E-state index contributed by atoms with van der Waals surface area (Å²) >= 11 is 0. The normalized spacial score (nSPS) is 25.5. The van der Waals surface area contributed by atoms with E-state index in [1.807, 2.05) is 37.3 Å². The summed E-state index contributed by atoms with van der Waals surface area (Å²) in [7, 11) is 0. The Morgan fingerprint density at radius 2 is 1.77 bits per heavy atom. The first-order valence-electron chi connectivity index (χ1n) is 12.5. The van der Waals surface area contributed by atoms with Crippen molar-refractivity contribution in [3.8, 4) is 5.75 Å². The zero-order valence-corrected chi connectivity index (χ0v) is 20.5. The highest BCUT2D eigenvalue weighted by Gasteiger charge is 2.62. The molecule has 0 saturated carbocycles. The van der Waals surface area contributed by atoms with Crippen LogP contribution in [0.1, 0.15) is 47.3 Å². The first kappa shape index (κ1) is 24.0. The monoisotopic (exact) mass is 474 g/mol. The first-order chi connectivity index (χ1) is 17.1. The molecule has 35 heavy (non-hydrogen) atoms. The van der Waals surface area contributed by atoms with Crippen LogP contribution in [0, 0.1) is 6.92 Å². The van der Waals surface area contributed by atoms with E-state index in [4.69, 9.17) is 18.9 Å². The molecule has 3 aromatic rings. The molecule has 0 aromatic heterocycles. The second-order valence-electron chi connectivity index (χ2n) is 9.50. The third-order valence-electron chi connectivity index (χ3n) is 7.16. The number of benzene rings is 3. The highest BCUT2D eigenvalue weighted by Crippen LogP contribution is 2.48. The van der Waals surface area contributed by atoms with Crippen molar-refractivity contribution in [3.05, 3.63) is 101 Å². The third kappa shape index (κ3) is 5.29. The first-order valence-corrected chi connectivity index (χ1v) is 12.5. The molecule has 3 unspecified atom stereocenters. The van der Waals surface area contributed by atoms with Gasteiger partial charge in [0.25, 0.3) is 0 Å². The van der Waals surface area contributed by atoms with Gasteiger partial charge in [-0.2, -0.15) is 0 Å². The van der Waals surface area contributed by atoms with Crippen molar-refractivity contribution in [3.63, 3.8) is 0 Å². The number of hydrogen-bond donors (Lipinski definition) is 1. The van der Waals surface area contributed by atoms with Gasteiger partial charge in [-0.1, -0.05) is 60.7 Å². The van der Waals surface area contributed by atoms with E-state index in [-0.39, 0.29) is 18.8 Å².